The van der Waals surface area contributed by atoms with Crippen molar-refractivity contribution in [1.82, 2.24) is 10.4 Å². The molecule has 0 heterocycles. The Morgan fingerprint density at radius 1 is 0.577 bits per heavy atom. The van der Waals surface area contributed by atoms with E-state index in [1.54, 1.807) is 0 Å². The summed E-state index contributed by atoms with van der Waals surface area (Å²) in [6, 6.07) is 0. The Kier molecular flexibility index (Phi) is 60.9. The Morgan fingerprint density at radius 2 is 0.865 bits per heavy atom. The van der Waals surface area contributed by atoms with Crippen LogP contribution in [0, 0.1) is 5.92 Å². The molecular formula is C45H98N2O5. The van der Waals surface area contributed by atoms with Gasteiger partial charge in [0.05, 0.1) is 12.2 Å². The third-order valence-corrected chi connectivity index (χ3v) is 9.93. The van der Waals surface area contributed by atoms with Gasteiger partial charge in [-0.2, -0.15) is 0 Å². The number of aliphatic hydroxyl groups is 2. The summed E-state index contributed by atoms with van der Waals surface area (Å²) in [6.07, 6.45) is 42.3. The highest BCUT2D eigenvalue weighted by atomic mass is 16.5. The molecule has 52 heavy (non-hydrogen) atoms. The number of hydrogen-bond donors (Lipinski definition) is 4. The van der Waals surface area contributed by atoms with E-state index in [2.05, 4.69) is 33.0 Å². The lowest BCUT2D eigenvalue weighted by Gasteiger charge is -2.15. The van der Waals surface area contributed by atoms with Gasteiger partial charge in [0.1, 0.15) is 6.73 Å². The van der Waals surface area contributed by atoms with Gasteiger partial charge in [0.25, 0.3) is 0 Å². The molecule has 0 aromatic rings. The van der Waals surface area contributed by atoms with Crippen molar-refractivity contribution in [3.8, 4) is 0 Å². The third kappa shape index (κ3) is 56.0. The van der Waals surface area contributed by atoms with E-state index in [0.29, 0.717) is 6.10 Å². The van der Waals surface area contributed by atoms with E-state index in [-0.39, 0.29) is 17.6 Å². The second-order valence-corrected chi connectivity index (χ2v) is 14.9. The SMILES string of the molecule is CC.CCCCCCCCCC(O)CCCCCCCCC(C)CCCCCCCC(CCCCCCCCC)OC.CCNC.O=CN(O)CO. The number of hydroxylamine groups is 2. The number of methoxy groups -OCH3 is 1. The van der Waals surface area contributed by atoms with Crippen molar-refractivity contribution in [2.75, 3.05) is 27.4 Å². The van der Waals surface area contributed by atoms with Crippen LogP contribution in [-0.2, 0) is 9.53 Å². The van der Waals surface area contributed by atoms with Crippen molar-refractivity contribution < 1.29 is 25.0 Å². The highest BCUT2D eigenvalue weighted by Crippen LogP contribution is 2.20. The van der Waals surface area contributed by atoms with Gasteiger partial charge in [0.15, 0.2) is 0 Å². The van der Waals surface area contributed by atoms with Crippen LogP contribution in [0.1, 0.15) is 241 Å². The van der Waals surface area contributed by atoms with Gasteiger partial charge in [-0.3, -0.25) is 10.0 Å². The van der Waals surface area contributed by atoms with Crippen LogP contribution in [-0.4, -0.2) is 66.5 Å². The van der Waals surface area contributed by atoms with Crippen LogP contribution in [0.15, 0.2) is 0 Å². The number of nitrogens with zero attached hydrogens (tertiary/aromatic N) is 1. The average molecular weight is 747 g/mol. The van der Waals surface area contributed by atoms with Crippen molar-refractivity contribution in [1.29, 1.82) is 0 Å². The zero-order valence-electron chi connectivity index (χ0n) is 36.7. The van der Waals surface area contributed by atoms with Crippen molar-refractivity contribution in [3.63, 3.8) is 0 Å². The van der Waals surface area contributed by atoms with E-state index in [0.717, 1.165) is 25.3 Å². The molecule has 0 rings (SSSR count). The Balaban J connectivity index is -0.000000826. The minimum Gasteiger partial charge on any atom is -0.393 e. The maximum atomic E-state index is 10.2. The van der Waals surface area contributed by atoms with Gasteiger partial charge in [0, 0.05) is 7.11 Å². The van der Waals surface area contributed by atoms with Crippen LogP contribution in [0.2, 0.25) is 0 Å². The summed E-state index contributed by atoms with van der Waals surface area (Å²) in [5.41, 5.74) is 0. The molecule has 318 valence electrons. The molecule has 0 aliphatic carbocycles. The monoisotopic (exact) mass is 747 g/mol. The third-order valence-electron chi connectivity index (χ3n) is 9.93. The molecule has 1 amide bonds. The van der Waals surface area contributed by atoms with Crippen LogP contribution in [0.5, 0.6) is 0 Å². The first kappa shape index (κ1) is 58.0. The predicted molar refractivity (Wildman–Crippen MR) is 228 cm³/mol. The van der Waals surface area contributed by atoms with E-state index in [1.807, 2.05) is 28.0 Å². The van der Waals surface area contributed by atoms with Gasteiger partial charge >= 0.3 is 0 Å². The topological polar surface area (TPSA) is 102 Å². The van der Waals surface area contributed by atoms with Gasteiger partial charge in [-0.1, -0.05) is 215 Å². The average Bonchev–Trinajstić information content (AvgIpc) is 3.17. The van der Waals surface area contributed by atoms with E-state index >= 15 is 0 Å². The molecule has 4 N–H and O–H groups in total. The minimum absolute atomic E-state index is 0.0431. The number of ether oxygens (including phenoxy) is 1. The summed E-state index contributed by atoms with van der Waals surface area (Å²) in [4.78, 5) is 9.25. The molecule has 0 aromatic carbocycles. The second-order valence-electron chi connectivity index (χ2n) is 14.9. The van der Waals surface area contributed by atoms with E-state index in [1.165, 1.54) is 186 Å². The molecule has 0 aliphatic heterocycles. The van der Waals surface area contributed by atoms with E-state index in [9.17, 15) is 9.90 Å². The van der Waals surface area contributed by atoms with Gasteiger partial charge in [-0.05, 0) is 45.2 Å². The molecule has 0 aromatic heterocycles. The van der Waals surface area contributed by atoms with Gasteiger partial charge in [-0.15, -0.1) is 0 Å². The highest BCUT2D eigenvalue weighted by Gasteiger charge is 2.08. The first-order valence-corrected chi connectivity index (χ1v) is 22.7. The Labute approximate surface area is 327 Å². The lowest BCUT2D eigenvalue weighted by atomic mass is 9.95. The molecule has 0 spiro atoms. The number of unbranched alkanes of at least 4 members (excludes halogenated alkanes) is 21. The molecule has 0 saturated heterocycles. The summed E-state index contributed by atoms with van der Waals surface area (Å²) in [5, 5.41) is 28.9. The standard InChI is InChI=1S/C38H78O2.C3H9N.C2H5NO3.C2H6/c1-5-7-9-11-13-20-26-32-37(39)33-27-21-16-15-18-24-30-36(3)31-25-19-17-23-29-35-38(40-4)34-28-22-14-12-10-8-6-2;1-3-4-2;4-1-3(6)2-5;1-2/h36-39H,5-35H2,1-4H3;4H,3H2,1-2H3;1,5-6H,2H2;1-2H3. The quantitative estimate of drug-likeness (QED) is 0.0166. The van der Waals surface area contributed by atoms with Crippen LogP contribution in [0.4, 0.5) is 0 Å². The molecule has 0 fully saturated rings. The molecule has 3 unspecified atom stereocenters. The molecule has 0 radical (unpaired) electrons. The number of aliphatic hydroxyl groups excluding tert-OH is 2. The number of rotatable bonds is 37. The van der Waals surface area contributed by atoms with Crippen LogP contribution < -0.4 is 5.32 Å². The largest absolute Gasteiger partial charge is 0.393 e. The normalized spacial score (nSPS) is 12.4. The molecular weight excluding hydrogens is 649 g/mol. The summed E-state index contributed by atoms with van der Waals surface area (Å²) >= 11 is 0. The fraction of sp³-hybridized carbons (Fsp3) is 0.978. The summed E-state index contributed by atoms with van der Waals surface area (Å²) in [7, 11) is 3.85. The maximum absolute atomic E-state index is 10.2. The minimum atomic E-state index is -0.649. The Morgan fingerprint density at radius 3 is 1.12 bits per heavy atom. The van der Waals surface area contributed by atoms with Crippen molar-refractivity contribution >= 4 is 6.41 Å². The lowest BCUT2D eigenvalue weighted by Crippen LogP contribution is -2.16. The molecule has 0 aliphatic rings. The van der Waals surface area contributed by atoms with Crippen molar-refractivity contribution in [2.24, 2.45) is 5.92 Å². The number of carbonyl (C=O) groups excluding carboxylic acids is 1. The summed E-state index contributed by atoms with van der Waals surface area (Å²) in [6.45, 7) is 13.5. The molecule has 0 bridgehead atoms. The second kappa shape index (κ2) is 54.6. The predicted octanol–water partition coefficient (Wildman–Crippen LogP) is 13.2. The fourth-order valence-electron chi connectivity index (χ4n) is 6.34. The zero-order valence-corrected chi connectivity index (χ0v) is 36.7. The van der Waals surface area contributed by atoms with E-state index in [4.69, 9.17) is 15.1 Å². The molecule has 7 heteroatoms. The molecule has 3 atom stereocenters. The Bertz CT molecular complexity index is 596. The fourth-order valence-corrected chi connectivity index (χ4v) is 6.34. The van der Waals surface area contributed by atoms with Gasteiger partial charge in [-0.25, -0.2) is 5.06 Å². The number of nitrogens with one attached hydrogen (secondary N) is 1. The number of amides is 1. The van der Waals surface area contributed by atoms with Crippen LogP contribution in [0.3, 0.4) is 0 Å². The number of hydrogen-bond acceptors (Lipinski definition) is 6. The van der Waals surface area contributed by atoms with Crippen molar-refractivity contribution in [3.05, 3.63) is 0 Å². The van der Waals surface area contributed by atoms with E-state index < -0.39 is 6.73 Å². The summed E-state index contributed by atoms with van der Waals surface area (Å²) < 4.78 is 5.76. The van der Waals surface area contributed by atoms with Gasteiger partial charge < -0.3 is 20.3 Å². The van der Waals surface area contributed by atoms with Gasteiger partial charge in [0.2, 0.25) is 6.41 Å². The van der Waals surface area contributed by atoms with Crippen LogP contribution >= 0.6 is 0 Å². The van der Waals surface area contributed by atoms with Crippen molar-refractivity contribution in [2.45, 2.75) is 253 Å². The molecule has 7 nitrogen and oxygen atoms in total. The number of carbonyl (C=O) groups is 1. The first-order chi connectivity index (χ1) is 25.4. The lowest BCUT2D eigenvalue weighted by molar-refractivity contribution is -0.165. The molecule has 0 saturated carbocycles. The highest BCUT2D eigenvalue weighted by molar-refractivity contribution is 5.44. The van der Waals surface area contributed by atoms with Crippen LogP contribution in [0.25, 0.3) is 0 Å². The Hall–Kier alpha value is -0.730. The zero-order chi connectivity index (χ0) is 39.8. The smallest absolute Gasteiger partial charge is 0.235 e. The first-order valence-electron chi connectivity index (χ1n) is 22.7. The maximum Gasteiger partial charge on any atom is 0.235 e. The summed E-state index contributed by atoms with van der Waals surface area (Å²) in [5.74, 6) is 0.904.